The Kier molecular flexibility index (Phi) is 6.90. The van der Waals surface area contributed by atoms with E-state index in [2.05, 4.69) is 10.4 Å². The van der Waals surface area contributed by atoms with Crippen LogP contribution < -0.4 is 5.56 Å². The molecule has 0 radical (unpaired) electrons. The SMILES string of the molecule is COCCCn1c(SCc2csc(C)n2)nc2scc(-c3ccccc3Cl)c2c1=O. The molecule has 0 saturated carbocycles. The van der Waals surface area contributed by atoms with Crippen LogP contribution >= 0.6 is 46.0 Å². The summed E-state index contributed by atoms with van der Waals surface area (Å²) >= 11 is 11.1. The molecular weight excluding hydrogens is 458 g/mol. The van der Waals surface area contributed by atoms with Gasteiger partial charge in [-0.25, -0.2) is 9.97 Å². The number of methoxy groups -OCH3 is 1. The van der Waals surface area contributed by atoms with Crippen molar-refractivity contribution < 1.29 is 4.74 Å². The van der Waals surface area contributed by atoms with Crippen molar-refractivity contribution in [3.8, 4) is 11.1 Å². The fourth-order valence-corrected chi connectivity index (χ4v) is 6.02. The number of benzene rings is 1. The molecule has 4 rings (SSSR count). The molecule has 0 aliphatic carbocycles. The zero-order chi connectivity index (χ0) is 21.1. The van der Waals surface area contributed by atoms with Crippen molar-refractivity contribution in [3.05, 3.63) is 61.1 Å². The number of thioether (sulfide) groups is 1. The topological polar surface area (TPSA) is 57.0 Å². The van der Waals surface area contributed by atoms with Gasteiger partial charge in [0.25, 0.3) is 5.56 Å². The van der Waals surface area contributed by atoms with Gasteiger partial charge in [0.1, 0.15) is 4.83 Å². The first-order valence-corrected chi connectivity index (χ1v) is 12.5. The number of thiazole rings is 1. The van der Waals surface area contributed by atoms with Crippen LogP contribution in [0.1, 0.15) is 17.1 Å². The normalized spacial score (nSPS) is 11.4. The van der Waals surface area contributed by atoms with E-state index in [4.69, 9.17) is 21.3 Å². The third-order valence-corrected chi connectivity index (χ3v) is 7.60. The molecule has 5 nitrogen and oxygen atoms in total. The van der Waals surface area contributed by atoms with Gasteiger partial charge in [0, 0.05) is 52.9 Å². The number of ether oxygens (including phenoxy) is 1. The minimum absolute atomic E-state index is 0.0377. The Morgan fingerprint density at radius 2 is 2.00 bits per heavy atom. The van der Waals surface area contributed by atoms with Crippen molar-refractivity contribution in [2.24, 2.45) is 0 Å². The van der Waals surface area contributed by atoms with Crippen molar-refractivity contribution in [1.82, 2.24) is 14.5 Å². The molecule has 0 saturated heterocycles. The number of aromatic nitrogens is 3. The van der Waals surface area contributed by atoms with Crippen LogP contribution in [-0.4, -0.2) is 28.3 Å². The van der Waals surface area contributed by atoms with Gasteiger partial charge < -0.3 is 4.74 Å². The van der Waals surface area contributed by atoms with Gasteiger partial charge in [-0.3, -0.25) is 9.36 Å². The first-order chi connectivity index (χ1) is 14.6. The van der Waals surface area contributed by atoms with Gasteiger partial charge >= 0.3 is 0 Å². The van der Waals surface area contributed by atoms with E-state index in [9.17, 15) is 4.79 Å². The zero-order valence-corrected chi connectivity index (χ0v) is 19.8. The summed E-state index contributed by atoms with van der Waals surface area (Å²) in [4.78, 5) is 23.6. The lowest BCUT2D eigenvalue weighted by Crippen LogP contribution is -2.24. The van der Waals surface area contributed by atoms with E-state index >= 15 is 0 Å². The molecule has 0 aliphatic rings. The first kappa shape index (κ1) is 21.5. The molecule has 0 bridgehead atoms. The number of halogens is 1. The first-order valence-electron chi connectivity index (χ1n) is 9.38. The molecule has 9 heteroatoms. The lowest BCUT2D eigenvalue weighted by Gasteiger charge is -2.12. The summed E-state index contributed by atoms with van der Waals surface area (Å²) in [5.41, 5.74) is 2.66. The number of fused-ring (bicyclic) bond motifs is 1. The minimum Gasteiger partial charge on any atom is -0.385 e. The Morgan fingerprint density at radius 3 is 2.73 bits per heavy atom. The fraction of sp³-hybridized carbons (Fsp3) is 0.286. The maximum Gasteiger partial charge on any atom is 0.263 e. The second-order valence-electron chi connectivity index (χ2n) is 6.65. The number of nitrogens with zero attached hydrogens (tertiary/aromatic N) is 3. The van der Waals surface area contributed by atoms with Crippen molar-refractivity contribution in [1.29, 1.82) is 0 Å². The Balaban J connectivity index is 1.78. The molecule has 0 aliphatic heterocycles. The molecule has 0 atom stereocenters. The molecule has 1 aromatic carbocycles. The van der Waals surface area contributed by atoms with E-state index in [1.54, 1.807) is 34.8 Å². The number of hydrogen-bond acceptors (Lipinski definition) is 7. The third-order valence-electron chi connectivity index (χ3n) is 4.57. The molecular formula is C21H20ClN3O2S3. The third kappa shape index (κ3) is 4.48. The van der Waals surface area contributed by atoms with Gasteiger partial charge in [-0.1, -0.05) is 41.6 Å². The summed E-state index contributed by atoms with van der Waals surface area (Å²) in [6.45, 7) is 3.12. The Bertz CT molecular complexity index is 1230. The smallest absolute Gasteiger partial charge is 0.263 e. The number of aryl methyl sites for hydroxylation is 1. The van der Waals surface area contributed by atoms with E-state index in [1.165, 1.54) is 11.3 Å². The van der Waals surface area contributed by atoms with Gasteiger partial charge in [0.15, 0.2) is 5.16 Å². The van der Waals surface area contributed by atoms with Crippen LogP contribution in [0.5, 0.6) is 0 Å². The van der Waals surface area contributed by atoms with Gasteiger partial charge in [-0.2, -0.15) is 0 Å². The van der Waals surface area contributed by atoms with E-state index in [-0.39, 0.29) is 5.56 Å². The second-order valence-corrected chi connectivity index (χ2v) is 9.92. The van der Waals surface area contributed by atoms with Crippen LogP contribution in [0.4, 0.5) is 0 Å². The molecule has 0 spiro atoms. The van der Waals surface area contributed by atoms with E-state index in [0.29, 0.717) is 34.5 Å². The summed E-state index contributed by atoms with van der Waals surface area (Å²) in [6, 6.07) is 7.59. The molecule has 0 N–H and O–H groups in total. The van der Waals surface area contributed by atoms with Crippen molar-refractivity contribution >= 4 is 56.3 Å². The lowest BCUT2D eigenvalue weighted by molar-refractivity contribution is 0.189. The standard InChI is InChI=1S/C21H20ClN3O2S3/c1-13-23-14(10-28-13)11-30-21-24-19-18(20(26)25(21)8-5-9-27-2)16(12-29-19)15-6-3-4-7-17(15)22/h3-4,6-7,10,12H,5,8-9,11H2,1-2H3. The zero-order valence-electron chi connectivity index (χ0n) is 16.6. The molecule has 3 aromatic heterocycles. The highest BCUT2D eigenvalue weighted by Crippen LogP contribution is 2.36. The molecule has 4 aromatic rings. The van der Waals surface area contributed by atoms with E-state index in [0.717, 1.165) is 33.1 Å². The predicted molar refractivity (Wildman–Crippen MR) is 127 cm³/mol. The van der Waals surface area contributed by atoms with Crippen molar-refractivity contribution in [2.75, 3.05) is 13.7 Å². The molecule has 3 heterocycles. The summed E-state index contributed by atoms with van der Waals surface area (Å²) in [5, 5.41) is 7.02. The van der Waals surface area contributed by atoms with Gasteiger partial charge in [0.2, 0.25) is 0 Å². The maximum absolute atomic E-state index is 13.5. The maximum atomic E-state index is 13.5. The van der Waals surface area contributed by atoms with Crippen molar-refractivity contribution in [3.63, 3.8) is 0 Å². The molecule has 0 unspecified atom stereocenters. The quantitative estimate of drug-likeness (QED) is 0.180. The highest BCUT2D eigenvalue weighted by Gasteiger charge is 2.19. The number of thiophene rings is 1. The average molecular weight is 478 g/mol. The van der Waals surface area contributed by atoms with Gasteiger partial charge in [-0.15, -0.1) is 22.7 Å². The molecule has 30 heavy (non-hydrogen) atoms. The Labute approximate surface area is 191 Å². The monoisotopic (exact) mass is 477 g/mol. The van der Waals surface area contributed by atoms with Crippen LogP contribution in [0.3, 0.4) is 0 Å². The largest absolute Gasteiger partial charge is 0.385 e. The predicted octanol–water partition coefficient (Wildman–Crippen LogP) is 5.87. The summed E-state index contributed by atoms with van der Waals surface area (Å²) < 4.78 is 6.95. The average Bonchev–Trinajstić information content (AvgIpc) is 3.35. The molecule has 156 valence electrons. The van der Waals surface area contributed by atoms with E-state index < -0.39 is 0 Å². The Morgan fingerprint density at radius 1 is 1.17 bits per heavy atom. The van der Waals surface area contributed by atoms with E-state index in [1.807, 2.05) is 36.6 Å². The van der Waals surface area contributed by atoms with Crippen LogP contribution in [0.2, 0.25) is 5.02 Å². The number of rotatable bonds is 8. The Hall–Kier alpha value is -1.71. The summed E-state index contributed by atoms with van der Waals surface area (Å²) in [7, 11) is 1.67. The molecule has 0 fully saturated rings. The van der Waals surface area contributed by atoms with Gasteiger partial charge in [-0.05, 0) is 19.4 Å². The van der Waals surface area contributed by atoms with Crippen LogP contribution in [-0.2, 0) is 17.0 Å². The fourth-order valence-electron chi connectivity index (χ4n) is 3.17. The summed E-state index contributed by atoms with van der Waals surface area (Å²) in [6.07, 6.45) is 0.735. The lowest BCUT2D eigenvalue weighted by atomic mass is 10.1. The van der Waals surface area contributed by atoms with Crippen molar-refractivity contribution in [2.45, 2.75) is 30.8 Å². The van der Waals surface area contributed by atoms with Crippen LogP contribution in [0.15, 0.2) is 45.0 Å². The number of hydrogen-bond donors (Lipinski definition) is 0. The molecule has 0 amide bonds. The highest BCUT2D eigenvalue weighted by molar-refractivity contribution is 7.98. The summed E-state index contributed by atoms with van der Waals surface area (Å²) in [5.74, 6) is 0.676. The minimum atomic E-state index is -0.0377. The second kappa shape index (κ2) is 9.62. The van der Waals surface area contributed by atoms with Crippen LogP contribution in [0, 0.1) is 6.92 Å². The van der Waals surface area contributed by atoms with Crippen LogP contribution in [0.25, 0.3) is 21.3 Å². The van der Waals surface area contributed by atoms with Gasteiger partial charge in [0.05, 0.1) is 16.1 Å². The highest BCUT2D eigenvalue weighted by atomic mass is 35.5.